The number of amides is 14. The van der Waals surface area contributed by atoms with E-state index >= 15 is 0 Å². The van der Waals surface area contributed by atoms with E-state index in [1.54, 1.807) is 64.3 Å². The molecule has 0 radical (unpaired) electrons. The number of rotatable bonds is 61. The van der Waals surface area contributed by atoms with Crippen LogP contribution in [0.5, 0.6) is 0 Å². The summed E-state index contributed by atoms with van der Waals surface area (Å²) in [5.74, 6) is -14.6. The predicted octanol–water partition coefficient (Wildman–Crippen LogP) is -7.04. The second-order valence-electron chi connectivity index (χ2n) is 29.4. The summed E-state index contributed by atoms with van der Waals surface area (Å²) < 4.78 is 0. The van der Waals surface area contributed by atoms with Crippen LogP contribution in [0, 0.1) is 11.8 Å². The highest BCUT2D eigenvalue weighted by atomic mass is 32.2. The molecule has 0 aliphatic heterocycles. The SMILES string of the molecule is CSCC[C@H](NC(=O)[C@H](C)NC(=O)[C@H](CC(C)C)NC(=O)[C@H](CO)NC(=O)[C@H](CCCCN)NC(=O)[C@H](CCCCN)NC(=O)[C@H](CCCN=C(N)N)NC(=O)[C@H](CCCCN)NC(=O)[C@H](C)NC(=O)[C@H](CCC(N)=O)NC(=O)[C@@H](N)[C@@H](C)O)C(=O)N[C@@H](Cc1ccccc1)C(=O)N[C@@H](CC(C)C)C(=O)N[C@@H](CCCN=C(N)N)C(=O)O. The molecule has 0 heterocycles. The summed E-state index contributed by atoms with van der Waals surface area (Å²) in [4.78, 5) is 215. The van der Waals surface area contributed by atoms with Crippen molar-refractivity contribution in [2.75, 3.05) is 51.3 Å². The van der Waals surface area contributed by atoms with Gasteiger partial charge in [-0.25, -0.2) is 4.79 Å². The monoisotopic (exact) mass is 1680 g/mol. The van der Waals surface area contributed by atoms with Gasteiger partial charge in [0.2, 0.25) is 82.7 Å². The number of nitrogens with two attached hydrogens (primary N) is 9. The van der Waals surface area contributed by atoms with E-state index in [-0.39, 0.29) is 159 Å². The van der Waals surface area contributed by atoms with Crippen molar-refractivity contribution in [3.63, 3.8) is 0 Å². The van der Waals surface area contributed by atoms with Crippen LogP contribution in [0.15, 0.2) is 40.3 Å². The van der Waals surface area contributed by atoms with Crippen LogP contribution in [0.25, 0.3) is 0 Å². The van der Waals surface area contributed by atoms with Crippen molar-refractivity contribution >= 4 is 112 Å². The number of aliphatic imine (C=N–C) groups is 2. The molecule has 42 nitrogen and oxygen atoms in total. The number of aliphatic hydroxyl groups is 2. The number of thioether (sulfide) groups is 1. The molecule has 0 aromatic heterocycles. The number of nitrogens with zero attached hydrogens (tertiary/aromatic N) is 2. The van der Waals surface area contributed by atoms with Crippen LogP contribution in [0.4, 0.5) is 0 Å². The van der Waals surface area contributed by atoms with E-state index in [0.717, 1.165) is 0 Å². The Morgan fingerprint density at radius 3 is 1.06 bits per heavy atom. The first-order valence-corrected chi connectivity index (χ1v) is 40.9. The minimum absolute atomic E-state index is 0.0196. The number of benzene rings is 1. The number of carboxylic acids is 1. The quantitative estimate of drug-likeness (QED) is 0.0164. The lowest BCUT2D eigenvalue weighted by Gasteiger charge is -2.28. The van der Waals surface area contributed by atoms with Crippen LogP contribution < -0.4 is 121 Å². The van der Waals surface area contributed by atoms with Gasteiger partial charge in [-0.3, -0.25) is 77.1 Å². The van der Waals surface area contributed by atoms with E-state index in [4.69, 9.17) is 51.6 Å². The number of carbonyl (C=O) groups excluding carboxylic acids is 14. The maximum atomic E-state index is 14.6. The summed E-state index contributed by atoms with van der Waals surface area (Å²) in [6.07, 6.45) is 1.32. The van der Waals surface area contributed by atoms with Crippen molar-refractivity contribution in [1.82, 2.24) is 69.1 Å². The number of guanidine groups is 2. The van der Waals surface area contributed by atoms with Crippen LogP contribution in [-0.4, -0.2) is 258 Å². The van der Waals surface area contributed by atoms with Gasteiger partial charge in [-0.2, -0.15) is 11.8 Å². The van der Waals surface area contributed by atoms with Gasteiger partial charge in [-0.15, -0.1) is 0 Å². The third-order valence-corrected chi connectivity index (χ3v) is 18.8. The second kappa shape index (κ2) is 57.9. The molecule has 0 saturated carbocycles. The summed E-state index contributed by atoms with van der Waals surface area (Å²) in [6, 6.07) is -11.4. The van der Waals surface area contributed by atoms with Crippen LogP contribution in [0.3, 0.4) is 0 Å². The average Bonchev–Trinajstić information content (AvgIpc) is 0.853. The highest BCUT2D eigenvalue weighted by molar-refractivity contribution is 7.98. The number of hydrogen-bond acceptors (Lipinski definition) is 24. The molecule has 662 valence electrons. The lowest BCUT2D eigenvalue weighted by Crippen LogP contribution is -2.61. The van der Waals surface area contributed by atoms with E-state index in [2.05, 4.69) is 79.1 Å². The van der Waals surface area contributed by atoms with Gasteiger partial charge in [0.05, 0.1) is 12.7 Å². The normalized spacial score (nSPS) is 15.0. The van der Waals surface area contributed by atoms with Gasteiger partial charge < -0.3 is 136 Å². The van der Waals surface area contributed by atoms with Crippen molar-refractivity contribution in [1.29, 1.82) is 0 Å². The van der Waals surface area contributed by atoms with E-state index in [9.17, 15) is 87.2 Å². The van der Waals surface area contributed by atoms with Crippen LogP contribution >= 0.6 is 11.8 Å². The molecule has 15 atom stereocenters. The van der Waals surface area contributed by atoms with Gasteiger partial charge >= 0.3 is 5.97 Å². The minimum Gasteiger partial charge on any atom is -0.480 e. The lowest BCUT2D eigenvalue weighted by molar-refractivity contribution is -0.142. The maximum Gasteiger partial charge on any atom is 0.326 e. The topological polar surface area (TPSA) is 732 Å². The summed E-state index contributed by atoms with van der Waals surface area (Å²) in [5, 5.41) is 63.9. The van der Waals surface area contributed by atoms with E-state index in [1.165, 1.54) is 32.5 Å². The molecule has 0 spiro atoms. The minimum atomic E-state index is -1.78. The summed E-state index contributed by atoms with van der Waals surface area (Å²) in [6.45, 7) is 10.4. The molecule has 0 bridgehead atoms. The molecule has 0 aliphatic carbocycles. The van der Waals surface area contributed by atoms with Gasteiger partial charge in [-0.1, -0.05) is 58.0 Å². The van der Waals surface area contributed by atoms with Crippen molar-refractivity contribution < 1.29 is 87.2 Å². The maximum absolute atomic E-state index is 14.6. The molecular weight excluding hydrogens is 1550 g/mol. The highest BCUT2D eigenvalue weighted by Gasteiger charge is 2.38. The Bertz CT molecular complexity index is 3390. The van der Waals surface area contributed by atoms with Crippen molar-refractivity contribution in [2.45, 2.75) is 261 Å². The Kier molecular flexibility index (Phi) is 51.9. The van der Waals surface area contributed by atoms with Crippen LogP contribution in [0.2, 0.25) is 0 Å². The molecule has 1 rings (SSSR count). The predicted molar refractivity (Wildman–Crippen MR) is 440 cm³/mol. The van der Waals surface area contributed by atoms with Crippen molar-refractivity contribution in [2.24, 2.45) is 73.4 Å². The van der Waals surface area contributed by atoms with Gasteiger partial charge in [0.25, 0.3) is 0 Å². The molecule has 14 amide bonds. The van der Waals surface area contributed by atoms with Crippen molar-refractivity contribution in [3.05, 3.63) is 35.9 Å². The van der Waals surface area contributed by atoms with Gasteiger partial charge in [0.1, 0.15) is 84.6 Å². The number of unbranched alkanes of at least 4 members (excludes halogenated alkanes) is 3. The first-order chi connectivity index (χ1) is 55.2. The number of nitrogens with one attached hydrogen (secondary N) is 13. The lowest BCUT2D eigenvalue weighted by atomic mass is 10.00. The number of primary amides is 1. The number of carboxylic acid groups (broad SMARTS) is 1. The molecule has 34 N–H and O–H groups in total. The molecule has 1 aromatic rings. The zero-order valence-corrected chi connectivity index (χ0v) is 69.4. The zero-order valence-electron chi connectivity index (χ0n) is 68.6. The molecule has 0 fully saturated rings. The first kappa shape index (κ1) is 105. The smallest absolute Gasteiger partial charge is 0.326 e. The Hall–Kier alpha value is -10.1. The number of aliphatic hydroxyl groups excluding tert-OH is 2. The van der Waals surface area contributed by atoms with Crippen molar-refractivity contribution in [3.8, 4) is 0 Å². The highest BCUT2D eigenvalue weighted by Crippen LogP contribution is 2.15. The third kappa shape index (κ3) is 43.6. The van der Waals surface area contributed by atoms with E-state index in [0.29, 0.717) is 30.6 Å². The fourth-order valence-electron chi connectivity index (χ4n) is 11.6. The largest absolute Gasteiger partial charge is 0.480 e. The average molecular weight is 1680 g/mol. The molecule has 0 saturated heterocycles. The Morgan fingerprint density at radius 1 is 0.385 bits per heavy atom. The summed E-state index contributed by atoms with van der Waals surface area (Å²) in [5.41, 5.74) is 51.0. The summed E-state index contributed by atoms with van der Waals surface area (Å²) >= 11 is 1.34. The molecule has 43 heteroatoms. The standard InChI is InChI=1S/C74H132N24O18S/c1-40(2)36-53(67(110)87-43(6)60(103)89-51(29-35-117-8)66(109)97-55(38-45-20-10-9-11-21-45)69(112)95-54(37-41(3)4)68(111)94-52(72(115)116)26-19-34-85-74(82)83)96-70(113)56(39-99)98-65(108)48(24-14-17-32-77)91-63(106)47(23-13-16-31-76)90-64(107)49(25-18-33-84-73(80)81)92-62(105)46(22-12-15-30-75)88-59(102)42(5)86-61(104)50(27-28-57(78)101)93-71(114)58(79)44(7)100/h9-11,20-21,40-44,46-56,58,99-100H,12-19,22-39,75-77,79H2,1-8H3,(H2,78,101)(H,86,104)(H,87,110)(H,88,102)(H,89,103)(H,90,107)(H,91,106)(H,92,105)(H,93,114)(H,94,111)(H,95,112)(H,96,113)(H,97,109)(H,98,108)(H,115,116)(H4,80,81,84)(H4,82,83,85)/t42-,43-,44+,46-,47-,48-,49-,50-,51-,52-,53-,54-,55-,56-,58-/m0/s1. The fourth-order valence-corrected chi connectivity index (χ4v) is 12.0. The third-order valence-electron chi connectivity index (χ3n) is 18.2. The van der Waals surface area contributed by atoms with E-state index in [1.807, 2.05) is 0 Å². The Labute approximate surface area is 687 Å². The molecule has 1 aromatic carbocycles. The second-order valence-corrected chi connectivity index (χ2v) is 30.4. The van der Waals surface area contributed by atoms with Crippen LogP contribution in [0.1, 0.15) is 170 Å². The molecule has 0 aliphatic rings. The number of carbonyl (C=O) groups is 15. The molecular formula is C74H132N24O18S. The van der Waals surface area contributed by atoms with Gasteiger partial charge in [0.15, 0.2) is 11.9 Å². The molecule has 0 unspecified atom stereocenters. The summed E-state index contributed by atoms with van der Waals surface area (Å²) in [7, 11) is 0. The number of aliphatic carboxylic acids is 1. The Morgan fingerprint density at radius 2 is 0.692 bits per heavy atom. The van der Waals surface area contributed by atoms with E-state index < -0.39 is 186 Å². The van der Waals surface area contributed by atoms with Gasteiger partial charge in [-0.05, 0) is 179 Å². The first-order valence-electron chi connectivity index (χ1n) is 39.5. The fraction of sp³-hybridized carbons (Fsp3) is 0.689. The number of hydrogen-bond donors (Lipinski definition) is 25. The Balaban J connectivity index is 3.61. The molecule has 117 heavy (non-hydrogen) atoms. The zero-order chi connectivity index (χ0) is 88.4. The van der Waals surface area contributed by atoms with Gasteiger partial charge in [0, 0.05) is 25.9 Å². The van der Waals surface area contributed by atoms with Crippen LogP contribution in [-0.2, 0) is 78.3 Å².